The molecule has 0 fully saturated rings. The summed E-state index contributed by atoms with van der Waals surface area (Å²) in [5.74, 6) is 0. The Kier molecular flexibility index (Phi) is 6.70. The molecule has 26 heavy (non-hydrogen) atoms. The molecule has 1 aliphatic heterocycles. The second-order valence-corrected chi connectivity index (χ2v) is 12.9. The van der Waals surface area contributed by atoms with Crippen molar-refractivity contribution in [2.45, 2.75) is 70.0 Å². The molecule has 1 heterocycles. The van der Waals surface area contributed by atoms with Crippen LogP contribution in [0.3, 0.4) is 0 Å². The van der Waals surface area contributed by atoms with Crippen molar-refractivity contribution in [1.82, 2.24) is 0 Å². The van der Waals surface area contributed by atoms with Crippen LogP contribution in [0.15, 0.2) is 47.4 Å². The number of hydrogen-bond acceptors (Lipinski definition) is 2. The van der Waals surface area contributed by atoms with Gasteiger partial charge in [-0.15, -0.1) is 0 Å². The molecule has 2 nitrogen and oxygen atoms in total. The fraction of sp³-hybridized carbons (Fsp3) is 0.455. The normalized spacial score (nSPS) is 15.9. The van der Waals surface area contributed by atoms with E-state index in [1.165, 1.54) is 14.2 Å². The summed E-state index contributed by atoms with van der Waals surface area (Å²) in [4.78, 5) is 1.13. The van der Waals surface area contributed by atoms with E-state index in [1.54, 1.807) is 0 Å². The number of fused-ring (bicyclic) bond motifs is 1. The van der Waals surface area contributed by atoms with Crippen molar-refractivity contribution in [2.24, 2.45) is 0 Å². The Bertz CT molecular complexity index is 756. The molecule has 137 valence electrons. The van der Waals surface area contributed by atoms with Gasteiger partial charge in [-0.25, -0.2) is 0 Å². The maximum atomic E-state index is 10.5. The van der Waals surface area contributed by atoms with Gasteiger partial charge in [0.2, 0.25) is 0 Å². The zero-order chi connectivity index (χ0) is 19.8. The topological polar surface area (TPSA) is 29.5 Å². The molecule has 0 atom stereocenters. The Morgan fingerprint density at radius 2 is 1.58 bits per heavy atom. The van der Waals surface area contributed by atoms with Crippen molar-refractivity contribution in [3.63, 3.8) is 0 Å². The van der Waals surface area contributed by atoms with Crippen LogP contribution >= 0.6 is 0 Å². The number of rotatable bonds is 1. The fourth-order valence-electron chi connectivity index (χ4n) is 2.78. The number of benzene rings is 2. The zero-order valence-corrected chi connectivity index (χ0v) is 23.4. The van der Waals surface area contributed by atoms with Crippen LogP contribution in [0.5, 0.6) is 0 Å². The van der Waals surface area contributed by atoms with E-state index >= 15 is 0 Å². The molecule has 0 amide bonds. The summed E-state index contributed by atoms with van der Waals surface area (Å²) in [7, 11) is 0. The summed E-state index contributed by atoms with van der Waals surface area (Å²) in [6.07, 6.45) is 0. The standard InChI is InChI=1S/C16H24O2S.C6H5.Hg/c1-14(2,3)10-8-11(15(4,5)17)13-12(9-10)16(6,7)18-19-13;1-2-4-6-5-3-1;/h8-9,17H,1-7H3;1-5H;/p+1. The van der Waals surface area contributed by atoms with E-state index in [9.17, 15) is 5.11 Å². The van der Waals surface area contributed by atoms with Gasteiger partial charge in [-0.2, -0.15) is 4.18 Å². The van der Waals surface area contributed by atoms with Gasteiger partial charge in [0.15, 0.2) is 16.9 Å². The van der Waals surface area contributed by atoms with Gasteiger partial charge in [0.25, 0.3) is 0 Å². The number of aliphatic hydroxyl groups is 1. The van der Waals surface area contributed by atoms with E-state index in [4.69, 9.17) is 4.18 Å². The van der Waals surface area contributed by atoms with Crippen molar-refractivity contribution < 1.29 is 35.4 Å². The fourth-order valence-corrected chi connectivity index (χ4v) is 5.12. The first kappa shape index (κ1) is 21.9. The van der Waals surface area contributed by atoms with Crippen LogP contribution in [-0.2, 0) is 59.0 Å². The molecule has 2 aromatic carbocycles. The molecule has 0 saturated heterocycles. The van der Waals surface area contributed by atoms with E-state index in [2.05, 4.69) is 77.1 Å². The van der Waals surface area contributed by atoms with Crippen molar-refractivity contribution in [3.8, 4) is 0 Å². The Labute approximate surface area is 178 Å². The first-order valence-corrected chi connectivity index (χ1v) is 12.6. The van der Waals surface area contributed by atoms with E-state index in [0.717, 1.165) is 48.6 Å². The summed E-state index contributed by atoms with van der Waals surface area (Å²) in [5, 5.41) is 10.5. The summed E-state index contributed by atoms with van der Waals surface area (Å²) in [6.45, 7) is 14.5. The third-order valence-electron chi connectivity index (χ3n) is 4.49. The third-order valence-corrected chi connectivity index (χ3v) is 7.54. The van der Waals surface area contributed by atoms with Crippen LogP contribution < -0.4 is 3.07 Å². The van der Waals surface area contributed by atoms with Crippen molar-refractivity contribution in [2.75, 3.05) is 0 Å². The van der Waals surface area contributed by atoms with E-state index in [1.807, 2.05) is 13.8 Å². The van der Waals surface area contributed by atoms with Crippen LogP contribution in [0.4, 0.5) is 0 Å². The maximum absolute atomic E-state index is 10.5. The molecule has 0 aliphatic carbocycles. The quantitative estimate of drug-likeness (QED) is 0.319. The second-order valence-electron chi connectivity index (χ2n) is 8.91. The predicted molar refractivity (Wildman–Crippen MR) is 108 cm³/mol. The monoisotopic (exact) mass is 560 g/mol. The average molecular weight is 559 g/mol. The van der Waals surface area contributed by atoms with E-state index in [0.29, 0.717) is 0 Å². The van der Waals surface area contributed by atoms with Gasteiger partial charge in [0.05, 0.1) is 5.60 Å². The Hall–Kier alpha value is -0.355. The molecule has 3 rings (SSSR count). The predicted octanol–water partition coefficient (Wildman–Crippen LogP) is 4.42. The number of thiol groups is 1. The van der Waals surface area contributed by atoms with Crippen molar-refractivity contribution in [1.29, 1.82) is 0 Å². The molecule has 4 heteroatoms. The molecule has 1 N–H and O–H groups in total. The van der Waals surface area contributed by atoms with Crippen LogP contribution in [0.1, 0.15) is 65.2 Å². The van der Waals surface area contributed by atoms with Gasteiger partial charge in [0, 0.05) is 11.1 Å². The summed E-state index contributed by atoms with van der Waals surface area (Å²) in [6, 6.07) is 14.9. The molecule has 0 radical (unpaired) electrons. The zero-order valence-electron chi connectivity index (χ0n) is 17.1. The minimum atomic E-state index is -0.845. The molecule has 0 saturated carbocycles. The van der Waals surface area contributed by atoms with Gasteiger partial charge in [0.1, 0.15) is 5.60 Å². The molecule has 0 bridgehead atoms. The molecule has 0 aromatic heterocycles. The first-order valence-electron chi connectivity index (χ1n) is 9.00. The SMILES string of the molecule is CC(C)(C)c1cc(C(C)(C)O)c2c(c1)C(C)(C)O[SH+]2.[Hg][c]1ccccc1. The van der Waals surface area contributed by atoms with Crippen LogP contribution in [0, 0.1) is 0 Å². The Morgan fingerprint density at radius 1 is 1.00 bits per heavy atom. The number of hydrogen-bond donors (Lipinski definition) is 1. The summed E-state index contributed by atoms with van der Waals surface area (Å²) < 4.78 is 7.39. The molecule has 0 unspecified atom stereocenters. The van der Waals surface area contributed by atoms with Gasteiger partial charge >= 0.3 is 59.5 Å². The molecule has 2 aromatic rings. The third kappa shape index (κ3) is 5.34. The van der Waals surface area contributed by atoms with E-state index in [-0.39, 0.29) is 11.0 Å². The molecule has 0 spiro atoms. The van der Waals surface area contributed by atoms with Gasteiger partial charge in [-0.1, -0.05) is 20.8 Å². The first-order chi connectivity index (χ1) is 11.8. The minimum absolute atomic E-state index is 0.0601. The van der Waals surface area contributed by atoms with Gasteiger partial charge < -0.3 is 5.11 Å². The van der Waals surface area contributed by atoms with Crippen molar-refractivity contribution in [3.05, 3.63) is 59.2 Å². The Balaban J connectivity index is 0.000000290. The van der Waals surface area contributed by atoms with Crippen LogP contribution in [-0.4, -0.2) is 5.11 Å². The molecule has 1 aliphatic rings. The molecular weight excluding hydrogens is 529 g/mol. The van der Waals surface area contributed by atoms with Crippen LogP contribution in [0.2, 0.25) is 0 Å². The van der Waals surface area contributed by atoms with Gasteiger partial charge in [-0.05, 0) is 50.8 Å². The average Bonchev–Trinajstić information content (AvgIpc) is 2.82. The van der Waals surface area contributed by atoms with Crippen LogP contribution in [0.25, 0.3) is 0 Å². The Morgan fingerprint density at radius 3 is 2.00 bits per heavy atom. The molecular formula is C22H30HgO2S+. The van der Waals surface area contributed by atoms with Gasteiger partial charge in [-0.3, -0.25) is 0 Å². The second kappa shape index (κ2) is 7.94. The summed E-state index contributed by atoms with van der Waals surface area (Å²) in [5.41, 5.74) is 2.38. The van der Waals surface area contributed by atoms with E-state index < -0.39 is 5.60 Å². The summed E-state index contributed by atoms with van der Waals surface area (Å²) >= 11 is 1.67. The van der Waals surface area contributed by atoms with Crippen molar-refractivity contribution >= 4 is 15.1 Å².